The molecule has 6 nitrogen and oxygen atoms in total. The van der Waals surface area contributed by atoms with E-state index in [0.717, 1.165) is 36.3 Å². The van der Waals surface area contributed by atoms with Crippen LogP contribution in [0.25, 0.3) is 17.3 Å². The van der Waals surface area contributed by atoms with Gasteiger partial charge in [-0.1, -0.05) is 29.8 Å². The average Bonchev–Trinajstić information content (AvgIpc) is 3.30. The lowest BCUT2D eigenvalue weighted by Gasteiger charge is -2.10. The lowest BCUT2D eigenvalue weighted by molar-refractivity contribution is -0.117. The third-order valence-electron chi connectivity index (χ3n) is 4.19. The lowest BCUT2D eigenvalue weighted by Crippen LogP contribution is -2.32. The van der Waals surface area contributed by atoms with Crippen molar-refractivity contribution in [3.8, 4) is 17.3 Å². The van der Waals surface area contributed by atoms with Gasteiger partial charge in [0.1, 0.15) is 11.6 Å². The molecule has 0 saturated carbocycles. The molecule has 0 radical (unpaired) electrons. The normalized spacial score (nSPS) is 17.3. The number of carbonyl (C=O) groups excluding carboxylic acids is 1. The number of H-pyrrole nitrogens is 1. The van der Waals surface area contributed by atoms with Crippen molar-refractivity contribution in [2.45, 2.75) is 25.9 Å². The number of aryl methyl sites for hydroxylation is 1. The highest BCUT2D eigenvalue weighted by Crippen LogP contribution is 2.23. The molecule has 2 aromatic rings. The van der Waals surface area contributed by atoms with Crippen molar-refractivity contribution >= 4 is 12.0 Å². The van der Waals surface area contributed by atoms with E-state index in [-0.39, 0.29) is 11.7 Å². The first-order valence-electron chi connectivity index (χ1n) is 8.29. The van der Waals surface area contributed by atoms with Crippen LogP contribution < -0.4 is 5.32 Å². The second-order valence-electron chi connectivity index (χ2n) is 6.08. The molecule has 0 unspecified atom stereocenters. The Morgan fingerprint density at radius 2 is 2.28 bits per heavy atom. The van der Waals surface area contributed by atoms with Gasteiger partial charge in [-0.2, -0.15) is 10.4 Å². The van der Waals surface area contributed by atoms with Crippen LogP contribution in [0.15, 0.2) is 36.0 Å². The third kappa shape index (κ3) is 4.14. The molecule has 25 heavy (non-hydrogen) atoms. The van der Waals surface area contributed by atoms with Crippen molar-refractivity contribution in [2.24, 2.45) is 0 Å². The molecule has 2 N–H and O–H groups in total. The Bertz CT molecular complexity index is 809. The van der Waals surface area contributed by atoms with Crippen LogP contribution in [-0.2, 0) is 9.53 Å². The van der Waals surface area contributed by atoms with Crippen molar-refractivity contribution in [1.82, 2.24) is 15.5 Å². The van der Waals surface area contributed by atoms with E-state index < -0.39 is 5.91 Å². The number of aromatic nitrogens is 2. The Hall–Kier alpha value is -2.91. The average molecular weight is 336 g/mol. The quantitative estimate of drug-likeness (QED) is 0.648. The van der Waals surface area contributed by atoms with Gasteiger partial charge in [0.2, 0.25) is 0 Å². The zero-order chi connectivity index (χ0) is 17.6. The first kappa shape index (κ1) is 16.9. The van der Waals surface area contributed by atoms with Crippen molar-refractivity contribution in [2.75, 3.05) is 13.2 Å². The van der Waals surface area contributed by atoms with Crippen molar-refractivity contribution < 1.29 is 9.53 Å². The Balaban J connectivity index is 1.76. The zero-order valence-electron chi connectivity index (χ0n) is 14.1. The predicted octanol–water partition coefficient (Wildman–Crippen LogP) is 2.59. The first-order valence-corrected chi connectivity index (χ1v) is 8.29. The molecule has 3 rings (SSSR count). The minimum atomic E-state index is -0.394. The van der Waals surface area contributed by atoms with Crippen LogP contribution in [0.2, 0.25) is 0 Å². The van der Waals surface area contributed by atoms with Gasteiger partial charge in [-0.25, -0.2) is 0 Å². The SMILES string of the molecule is Cc1ccc(-c2[nH]ncc2/C=C(/C#N)C(=O)NC[C@@H]2CCCO2)cc1. The number of hydrogen-bond acceptors (Lipinski definition) is 4. The molecule has 1 fully saturated rings. The van der Waals surface area contributed by atoms with E-state index in [4.69, 9.17) is 4.74 Å². The molecule has 1 aromatic heterocycles. The molecule has 1 amide bonds. The fraction of sp³-hybridized carbons (Fsp3) is 0.316. The van der Waals surface area contributed by atoms with Crippen molar-refractivity contribution in [3.05, 3.63) is 47.2 Å². The number of carbonyl (C=O) groups is 1. The first-order chi connectivity index (χ1) is 12.2. The number of aromatic amines is 1. The smallest absolute Gasteiger partial charge is 0.262 e. The fourth-order valence-corrected chi connectivity index (χ4v) is 2.77. The fourth-order valence-electron chi connectivity index (χ4n) is 2.77. The van der Waals surface area contributed by atoms with Crippen LogP contribution in [0.4, 0.5) is 0 Å². The lowest BCUT2D eigenvalue weighted by atomic mass is 10.0. The molecule has 0 spiro atoms. The Morgan fingerprint density at radius 3 is 2.96 bits per heavy atom. The molecule has 0 aliphatic carbocycles. The van der Waals surface area contributed by atoms with E-state index in [2.05, 4.69) is 15.5 Å². The van der Waals surface area contributed by atoms with E-state index >= 15 is 0 Å². The second-order valence-corrected chi connectivity index (χ2v) is 6.08. The van der Waals surface area contributed by atoms with Gasteiger partial charge in [0, 0.05) is 24.3 Å². The molecule has 128 valence electrons. The number of nitrogens with one attached hydrogen (secondary N) is 2. The van der Waals surface area contributed by atoms with Gasteiger partial charge in [0.15, 0.2) is 0 Å². The largest absolute Gasteiger partial charge is 0.376 e. The van der Waals surface area contributed by atoms with E-state index in [0.29, 0.717) is 12.1 Å². The highest BCUT2D eigenvalue weighted by atomic mass is 16.5. The van der Waals surface area contributed by atoms with Crippen molar-refractivity contribution in [1.29, 1.82) is 5.26 Å². The summed E-state index contributed by atoms with van der Waals surface area (Å²) < 4.78 is 5.48. The van der Waals surface area contributed by atoms with Gasteiger partial charge in [0.25, 0.3) is 5.91 Å². The highest BCUT2D eigenvalue weighted by molar-refractivity contribution is 6.02. The summed E-state index contributed by atoms with van der Waals surface area (Å²) in [5.74, 6) is -0.394. The maximum absolute atomic E-state index is 12.3. The minimum Gasteiger partial charge on any atom is -0.376 e. The number of ether oxygens (including phenoxy) is 1. The summed E-state index contributed by atoms with van der Waals surface area (Å²) in [4.78, 5) is 12.3. The topological polar surface area (TPSA) is 90.8 Å². The summed E-state index contributed by atoms with van der Waals surface area (Å²) in [6, 6.07) is 9.93. The van der Waals surface area contributed by atoms with Crippen LogP contribution in [0.1, 0.15) is 24.0 Å². The Labute approximate surface area is 146 Å². The summed E-state index contributed by atoms with van der Waals surface area (Å²) in [6.45, 7) is 3.17. The molecular weight excluding hydrogens is 316 g/mol. The number of nitriles is 1. The summed E-state index contributed by atoms with van der Waals surface area (Å²) in [5.41, 5.74) is 3.64. The molecule has 0 bridgehead atoms. The summed E-state index contributed by atoms with van der Waals surface area (Å²) in [5, 5.41) is 19.1. The summed E-state index contributed by atoms with van der Waals surface area (Å²) in [7, 11) is 0. The molecule has 1 aliphatic rings. The Kier molecular flexibility index (Phi) is 5.26. The van der Waals surface area contributed by atoms with Crippen LogP contribution in [0.3, 0.4) is 0 Å². The molecule has 1 aromatic carbocycles. The van der Waals surface area contributed by atoms with Gasteiger partial charge in [-0.15, -0.1) is 0 Å². The number of amides is 1. The van der Waals surface area contributed by atoms with Gasteiger partial charge in [0.05, 0.1) is 18.0 Å². The zero-order valence-corrected chi connectivity index (χ0v) is 14.1. The van der Waals surface area contributed by atoms with Crippen LogP contribution >= 0.6 is 0 Å². The number of hydrogen-bond donors (Lipinski definition) is 2. The molecular formula is C19H20N4O2. The van der Waals surface area contributed by atoms with Gasteiger partial charge >= 0.3 is 0 Å². The second kappa shape index (κ2) is 7.77. The van der Waals surface area contributed by atoms with Crippen LogP contribution in [-0.4, -0.2) is 35.4 Å². The van der Waals surface area contributed by atoms with Crippen LogP contribution in [0.5, 0.6) is 0 Å². The summed E-state index contributed by atoms with van der Waals surface area (Å²) in [6.07, 6.45) is 5.16. The molecule has 6 heteroatoms. The number of benzene rings is 1. The summed E-state index contributed by atoms with van der Waals surface area (Å²) >= 11 is 0. The number of rotatable bonds is 5. The number of nitrogens with zero attached hydrogens (tertiary/aromatic N) is 2. The molecule has 1 atom stereocenters. The maximum atomic E-state index is 12.3. The molecule has 1 aliphatic heterocycles. The standard InChI is InChI=1S/C19H20N4O2/c1-13-4-6-14(7-5-13)18-16(11-22-23-18)9-15(10-20)19(24)21-12-17-3-2-8-25-17/h4-7,9,11,17H,2-3,8,12H2,1H3,(H,21,24)(H,22,23)/b15-9-/t17-/m0/s1. The highest BCUT2D eigenvalue weighted by Gasteiger charge is 2.18. The van der Waals surface area contributed by atoms with Gasteiger partial charge in [-0.3, -0.25) is 9.89 Å². The van der Waals surface area contributed by atoms with Crippen molar-refractivity contribution in [3.63, 3.8) is 0 Å². The van der Waals surface area contributed by atoms with Gasteiger partial charge in [-0.05, 0) is 25.8 Å². The third-order valence-corrected chi connectivity index (χ3v) is 4.19. The predicted molar refractivity (Wildman–Crippen MR) is 94.3 cm³/mol. The minimum absolute atomic E-state index is 0.0425. The molecule has 1 saturated heterocycles. The van der Waals surface area contributed by atoms with E-state index in [1.165, 1.54) is 0 Å². The Morgan fingerprint density at radius 1 is 1.48 bits per heavy atom. The molecule has 2 heterocycles. The maximum Gasteiger partial charge on any atom is 0.262 e. The van der Waals surface area contributed by atoms with E-state index in [9.17, 15) is 10.1 Å². The van der Waals surface area contributed by atoms with E-state index in [1.807, 2.05) is 37.3 Å². The van der Waals surface area contributed by atoms with Gasteiger partial charge < -0.3 is 10.1 Å². The van der Waals surface area contributed by atoms with E-state index in [1.54, 1.807) is 12.3 Å². The van der Waals surface area contributed by atoms with Crippen LogP contribution in [0, 0.1) is 18.3 Å². The monoisotopic (exact) mass is 336 g/mol.